The maximum atomic E-state index is 2.24. The molecule has 0 spiro atoms. The highest BCUT2D eigenvalue weighted by Crippen LogP contribution is 2.19. The van der Waals surface area contributed by atoms with Gasteiger partial charge in [-0.05, 0) is 56.0 Å². The van der Waals surface area contributed by atoms with E-state index in [4.69, 9.17) is 0 Å². The molecule has 1 aromatic carbocycles. The maximum Gasteiger partial charge on any atom is -0.0224 e. The van der Waals surface area contributed by atoms with Crippen molar-refractivity contribution in [1.29, 1.82) is 0 Å². The van der Waals surface area contributed by atoms with Crippen LogP contribution in [0.2, 0.25) is 0 Å². The average molecular weight is 186 g/mol. The lowest BCUT2D eigenvalue weighted by Crippen LogP contribution is -1.85. The molecular weight excluding hydrogens is 168 g/mol. The Labute approximate surface area is 87.0 Å². The van der Waals surface area contributed by atoms with Gasteiger partial charge in [0.25, 0.3) is 0 Å². The highest BCUT2D eigenvalue weighted by Gasteiger charge is 1.98. The van der Waals surface area contributed by atoms with Crippen LogP contribution in [0.15, 0.2) is 30.4 Å². The van der Waals surface area contributed by atoms with Gasteiger partial charge in [-0.25, -0.2) is 0 Å². The monoisotopic (exact) mass is 186 g/mol. The number of rotatable bonds is 2. The van der Waals surface area contributed by atoms with Crippen molar-refractivity contribution < 1.29 is 0 Å². The van der Waals surface area contributed by atoms with Gasteiger partial charge in [0.05, 0.1) is 0 Å². The molecule has 0 fully saturated rings. The fourth-order valence-corrected chi connectivity index (χ4v) is 1.41. The molecule has 0 bridgehead atoms. The van der Waals surface area contributed by atoms with Gasteiger partial charge in [-0.3, -0.25) is 0 Å². The van der Waals surface area contributed by atoms with E-state index >= 15 is 0 Å². The van der Waals surface area contributed by atoms with Crippen molar-refractivity contribution >= 4 is 11.6 Å². The normalized spacial score (nSPS) is 12.4. The summed E-state index contributed by atoms with van der Waals surface area (Å²) in [6, 6.07) is 6.60. The van der Waals surface area contributed by atoms with E-state index in [-0.39, 0.29) is 0 Å². The quantitative estimate of drug-likeness (QED) is 0.640. The summed E-state index contributed by atoms with van der Waals surface area (Å²) in [5, 5.41) is 0. The first-order valence-corrected chi connectivity index (χ1v) is 5.05. The van der Waals surface area contributed by atoms with E-state index in [1.54, 1.807) is 0 Å². The van der Waals surface area contributed by atoms with Crippen molar-refractivity contribution in [3.8, 4) is 0 Å². The van der Waals surface area contributed by atoms with E-state index < -0.39 is 0 Å². The van der Waals surface area contributed by atoms with Crippen LogP contribution in [0.3, 0.4) is 0 Å². The minimum atomic E-state index is 1.31. The van der Waals surface area contributed by atoms with Crippen LogP contribution in [0.4, 0.5) is 0 Å². The van der Waals surface area contributed by atoms with Crippen LogP contribution in [-0.4, -0.2) is 0 Å². The summed E-state index contributed by atoms with van der Waals surface area (Å²) in [5.74, 6) is 0. The Morgan fingerprint density at radius 1 is 1.21 bits per heavy atom. The number of hydrogen-bond donors (Lipinski definition) is 0. The largest absolute Gasteiger partial charge is 0.0871 e. The standard InChI is InChI=1S/C14H18/c1-5-7-13-10-14(11(3)6-2)9-8-12(13)4/h5-10H,1-4H3. The molecule has 1 aromatic rings. The molecular formula is C14H18. The molecule has 0 aliphatic carbocycles. The zero-order valence-electron chi connectivity index (χ0n) is 9.46. The lowest BCUT2D eigenvalue weighted by atomic mass is 10.0. The molecule has 0 heterocycles. The highest BCUT2D eigenvalue weighted by atomic mass is 14.0. The van der Waals surface area contributed by atoms with Crippen molar-refractivity contribution in [2.24, 2.45) is 0 Å². The Hall–Kier alpha value is -1.30. The van der Waals surface area contributed by atoms with Crippen LogP contribution in [0, 0.1) is 6.92 Å². The van der Waals surface area contributed by atoms with Gasteiger partial charge in [-0.2, -0.15) is 0 Å². The van der Waals surface area contributed by atoms with Crippen LogP contribution in [0.5, 0.6) is 0 Å². The van der Waals surface area contributed by atoms with Crippen molar-refractivity contribution in [2.45, 2.75) is 27.7 Å². The van der Waals surface area contributed by atoms with Crippen molar-refractivity contribution in [2.75, 3.05) is 0 Å². The molecule has 0 saturated carbocycles. The third kappa shape index (κ3) is 2.35. The second kappa shape index (κ2) is 4.80. The first-order chi connectivity index (χ1) is 6.69. The van der Waals surface area contributed by atoms with Gasteiger partial charge in [0, 0.05) is 0 Å². The molecule has 1 rings (SSSR count). The Morgan fingerprint density at radius 2 is 1.93 bits per heavy atom. The lowest BCUT2D eigenvalue weighted by Gasteiger charge is -2.05. The predicted molar refractivity (Wildman–Crippen MR) is 65.2 cm³/mol. The van der Waals surface area contributed by atoms with Crippen LogP contribution >= 0.6 is 0 Å². The van der Waals surface area contributed by atoms with Gasteiger partial charge in [0.1, 0.15) is 0 Å². The minimum Gasteiger partial charge on any atom is -0.0871 e. The smallest absolute Gasteiger partial charge is 0.0224 e. The summed E-state index contributed by atoms with van der Waals surface area (Å²) < 4.78 is 0. The fraction of sp³-hybridized carbons (Fsp3) is 0.286. The second-order valence-electron chi connectivity index (χ2n) is 3.54. The molecule has 0 N–H and O–H groups in total. The molecule has 0 nitrogen and oxygen atoms in total. The average Bonchev–Trinajstić information content (AvgIpc) is 2.20. The molecule has 14 heavy (non-hydrogen) atoms. The first-order valence-electron chi connectivity index (χ1n) is 5.05. The molecule has 0 saturated heterocycles. The van der Waals surface area contributed by atoms with E-state index in [2.05, 4.69) is 64.1 Å². The summed E-state index contributed by atoms with van der Waals surface area (Å²) in [7, 11) is 0. The molecule has 0 amide bonds. The SMILES string of the molecule is CC=Cc1cc(C(C)=CC)ccc1C. The van der Waals surface area contributed by atoms with Crippen molar-refractivity contribution in [3.63, 3.8) is 0 Å². The minimum absolute atomic E-state index is 1.31. The van der Waals surface area contributed by atoms with Crippen molar-refractivity contribution in [1.82, 2.24) is 0 Å². The van der Waals surface area contributed by atoms with Crippen LogP contribution in [-0.2, 0) is 0 Å². The van der Waals surface area contributed by atoms with Gasteiger partial charge < -0.3 is 0 Å². The third-order valence-electron chi connectivity index (χ3n) is 2.51. The van der Waals surface area contributed by atoms with Crippen LogP contribution in [0.1, 0.15) is 37.5 Å². The molecule has 0 aromatic heterocycles. The zero-order valence-corrected chi connectivity index (χ0v) is 9.46. The lowest BCUT2D eigenvalue weighted by molar-refractivity contribution is 1.41. The number of aryl methyl sites for hydroxylation is 1. The summed E-state index contributed by atoms with van der Waals surface area (Å²) in [4.78, 5) is 0. The van der Waals surface area contributed by atoms with E-state index in [0.29, 0.717) is 0 Å². The van der Waals surface area contributed by atoms with Gasteiger partial charge in [-0.1, -0.05) is 30.4 Å². The first kappa shape index (κ1) is 10.8. The molecule has 0 aliphatic heterocycles. The molecule has 74 valence electrons. The Balaban J connectivity index is 3.19. The molecule has 0 unspecified atom stereocenters. The summed E-state index contributed by atoms with van der Waals surface area (Å²) in [6.45, 7) is 8.41. The van der Waals surface area contributed by atoms with E-state index in [1.807, 2.05) is 0 Å². The molecule has 0 aliphatic rings. The van der Waals surface area contributed by atoms with Gasteiger partial charge in [0.15, 0.2) is 0 Å². The zero-order chi connectivity index (χ0) is 10.6. The van der Waals surface area contributed by atoms with E-state index in [0.717, 1.165) is 0 Å². The van der Waals surface area contributed by atoms with Crippen LogP contribution < -0.4 is 0 Å². The van der Waals surface area contributed by atoms with Gasteiger partial charge >= 0.3 is 0 Å². The van der Waals surface area contributed by atoms with Crippen molar-refractivity contribution in [3.05, 3.63) is 47.0 Å². The van der Waals surface area contributed by atoms with Gasteiger partial charge in [-0.15, -0.1) is 0 Å². The second-order valence-corrected chi connectivity index (χ2v) is 3.54. The fourth-order valence-electron chi connectivity index (χ4n) is 1.41. The maximum absolute atomic E-state index is 2.24. The van der Waals surface area contributed by atoms with Gasteiger partial charge in [0.2, 0.25) is 0 Å². The summed E-state index contributed by atoms with van der Waals surface area (Å²) in [5.41, 5.74) is 5.28. The molecule has 0 atom stereocenters. The van der Waals surface area contributed by atoms with E-state index in [1.165, 1.54) is 22.3 Å². The number of allylic oxidation sites excluding steroid dienone is 3. The number of hydrogen-bond acceptors (Lipinski definition) is 0. The third-order valence-corrected chi connectivity index (χ3v) is 2.51. The van der Waals surface area contributed by atoms with E-state index in [9.17, 15) is 0 Å². The Kier molecular flexibility index (Phi) is 3.70. The van der Waals surface area contributed by atoms with Crippen LogP contribution in [0.25, 0.3) is 11.6 Å². The predicted octanol–water partition coefficient (Wildman–Crippen LogP) is 4.45. The Morgan fingerprint density at radius 3 is 2.50 bits per heavy atom. The number of benzene rings is 1. The summed E-state index contributed by atoms with van der Waals surface area (Å²) in [6.07, 6.45) is 6.38. The Bertz CT molecular complexity index is 368. The summed E-state index contributed by atoms with van der Waals surface area (Å²) >= 11 is 0. The molecule has 0 radical (unpaired) electrons. The topological polar surface area (TPSA) is 0 Å². The molecule has 0 heteroatoms. The highest BCUT2D eigenvalue weighted by molar-refractivity contribution is 5.67.